The molecule has 1 aromatic heterocycles. The largest absolute Gasteiger partial charge is 0.311 e. The van der Waals surface area contributed by atoms with Crippen LogP contribution in [0, 0.1) is 0 Å². The van der Waals surface area contributed by atoms with E-state index in [-0.39, 0.29) is 0 Å². The van der Waals surface area contributed by atoms with Gasteiger partial charge in [0.25, 0.3) is 0 Å². The summed E-state index contributed by atoms with van der Waals surface area (Å²) >= 11 is 0. The Bertz CT molecular complexity index is 2230. The number of hydrogen-bond acceptors (Lipinski definition) is 3. The number of rotatable bonds is 8. The minimum atomic E-state index is 0.701. The number of aromatic nitrogens is 2. The fourth-order valence-corrected chi connectivity index (χ4v) is 6.16. The van der Waals surface area contributed by atoms with Crippen LogP contribution < -0.4 is 4.90 Å². The molecule has 49 heavy (non-hydrogen) atoms. The molecule has 0 amide bonds. The van der Waals surface area contributed by atoms with Crippen LogP contribution in [-0.4, -0.2) is 9.97 Å². The van der Waals surface area contributed by atoms with Crippen LogP contribution in [0.5, 0.6) is 0 Å². The fourth-order valence-electron chi connectivity index (χ4n) is 6.16. The smallest absolute Gasteiger partial charge is 0.160 e. The van der Waals surface area contributed by atoms with E-state index >= 15 is 0 Å². The summed E-state index contributed by atoms with van der Waals surface area (Å²) in [4.78, 5) is 12.4. The van der Waals surface area contributed by atoms with Gasteiger partial charge in [0.2, 0.25) is 0 Å². The molecule has 0 aliphatic carbocycles. The van der Waals surface area contributed by atoms with Gasteiger partial charge in [0.1, 0.15) is 0 Å². The molecule has 0 aliphatic heterocycles. The Morgan fingerprint density at radius 1 is 0.265 bits per heavy atom. The molecule has 7 aromatic carbocycles. The number of anilines is 3. The standard InChI is InChI=1S/C46H33N3/c1-5-13-34(14-6-1)35-21-25-39(26-22-35)45-33-44(38-15-7-2-8-16-38)47-46(48-45)40-27-23-36(24-28-40)37-29-31-43(32-30-37)49(41-17-9-3-10-18-41)42-19-11-4-12-20-42/h1-33H. The lowest BCUT2D eigenvalue weighted by Gasteiger charge is -2.25. The van der Waals surface area contributed by atoms with Crippen LogP contribution in [0.1, 0.15) is 0 Å². The van der Waals surface area contributed by atoms with Gasteiger partial charge >= 0.3 is 0 Å². The average Bonchev–Trinajstić information content (AvgIpc) is 3.20. The van der Waals surface area contributed by atoms with Crippen molar-refractivity contribution in [1.82, 2.24) is 9.97 Å². The first-order valence-electron chi connectivity index (χ1n) is 16.5. The van der Waals surface area contributed by atoms with Gasteiger partial charge < -0.3 is 4.90 Å². The van der Waals surface area contributed by atoms with Crippen molar-refractivity contribution in [2.45, 2.75) is 0 Å². The van der Waals surface area contributed by atoms with Gasteiger partial charge in [0, 0.05) is 33.8 Å². The Morgan fingerprint density at radius 2 is 0.571 bits per heavy atom. The summed E-state index contributed by atoms with van der Waals surface area (Å²) in [5.41, 5.74) is 12.9. The van der Waals surface area contributed by atoms with Gasteiger partial charge in [-0.2, -0.15) is 0 Å². The predicted octanol–water partition coefficient (Wildman–Crippen LogP) is 12.3. The molecule has 0 aliphatic rings. The highest BCUT2D eigenvalue weighted by molar-refractivity contribution is 5.79. The Labute approximate surface area is 287 Å². The molecule has 0 unspecified atom stereocenters. The van der Waals surface area contributed by atoms with Crippen LogP contribution in [0.2, 0.25) is 0 Å². The van der Waals surface area contributed by atoms with Crippen molar-refractivity contribution in [3.63, 3.8) is 0 Å². The molecule has 232 valence electrons. The van der Waals surface area contributed by atoms with Crippen molar-refractivity contribution < 1.29 is 0 Å². The van der Waals surface area contributed by atoms with Gasteiger partial charge in [-0.05, 0) is 64.7 Å². The van der Waals surface area contributed by atoms with E-state index < -0.39 is 0 Å². The van der Waals surface area contributed by atoms with E-state index in [0.717, 1.165) is 56.3 Å². The second-order valence-electron chi connectivity index (χ2n) is 11.9. The summed E-state index contributed by atoms with van der Waals surface area (Å²) in [6.45, 7) is 0. The highest BCUT2D eigenvalue weighted by Gasteiger charge is 2.14. The van der Waals surface area contributed by atoms with Crippen LogP contribution >= 0.6 is 0 Å². The molecule has 8 rings (SSSR count). The van der Waals surface area contributed by atoms with Gasteiger partial charge in [-0.25, -0.2) is 9.97 Å². The summed E-state index contributed by atoms with van der Waals surface area (Å²) in [6.07, 6.45) is 0. The molecular weight excluding hydrogens is 595 g/mol. The third-order valence-corrected chi connectivity index (χ3v) is 8.71. The summed E-state index contributed by atoms with van der Waals surface area (Å²) in [5.74, 6) is 0.701. The van der Waals surface area contributed by atoms with E-state index in [1.165, 1.54) is 11.1 Å². The molecule has 1 heterocycles. The maximum Gasteiger partial charge on any atom is 0.160 e. The third-order valence-electron chi connectivity index (χ3n) is 8.71. The lowest BCUT2D eigenvalue weighted by atomic mass is 10.0. The molecular formula is C46H33N3. The molecule has 0 radical (unpaired) electrons. The first kappa shape index (κ1) is 29.8. The molecule has 0 saturated carbocycles. The van der Waals surface area contributed by atoms with Crippen molar-refractivity contribution in [2.75, 3.05) is 4.90 Å². The highest BCUT2D eigenvalue weighted by atomic mass is 15.1. The Kier molecular flexibility index (Phi) is 8.30. The summed E-state index contributed by atoms with van der Waals surface area (Å²) in [6, 6.07) is 69.7. The van der Waals surface area contributed by atoms with Crippen molar-refractivity contribution >= 4 is 17.1 Å². The predicted molar refractivity (Wildman–Crippen MR) is 204 cm³/mol. The number of nitrogens with zero attached hydrogens (tertiary/aromatic N) is 3. The normalized spacial score (nSPS) is 10.9. The topological polar surface area (TPSA) is 29.0 Å². The zero-order valence-electron chi connectivity index (χ0n) is 26.9. The molecule has 0 N–H and O–H groups in total. The Morgan fingerprint density at radius 3 is 1.04 bits per heavy atom. The molecule has 3 heteroatoms. The minimum absolute atomic E-state index is 0.701. The lowest BCUT2D eigenvalue weighted by molar-refractivity contribution is 1.18. The number of hydrogen-bond donors (Lipinski definition) is 0. The van der Waals surface area contributed by atoms with Gasteiger partial charge in [0.15, 0.2) is 5.82 Å². The Hall–Kier alpha value is -6.58. The maximum absolute atomic E-state index is 5.08. The SMILES string of the molecule is c1ccc(-c2ccc(-c3cc(-c4ccccc4)nc(-c4ccc(-c5ccc(N(c6ccccc6)c6ccccc6)cc5)cc4)n3)cc2)cc1. The third kappa shape index (κ3) is 6.51. The molecule has 0 fully saturated rings. The fraction of sp³-hybridized carbons (Fsp3) is 0. The van der Waals surface area contributed by atoms with Crippen LogP contribution in [-0.2, 0) is 0 Å². The van der Waals surface area contributed by atoms with Gasteiger partial charge in [-0.1, -0.05) is 158 Å². The molecule has 0 bridgehead atoms. The van der Waals surface area contributed by atoms with E-state index in [9.17, 15) is 0 Å². The van der Waals surface area contributed by atoms with Crippen molar-refractivity contribution in [2.24, 2.45) is 0 Å². The first-order valence-corrected chi connectivity index (χ1v) is 16.5. The highest BCUT2D eigenvalue weighted by Crippen LogP contribution is 2.36. The van der Waals surface area contributed by atoms with Crippen LogP contribution in [0.3, 0.4) is 0 Å². The first-order chi connectivity index (χ1) is 24.3. The van der Waals surface area contributed by atoms with Gasteiger partial charge in [-0.15, -0.1) is 0 Å². The van der Waals surface area contributed by atoms with Crippen molar-refractivity contribution in [3.05, 3.63) is 200 Å². The molecule has 8 aromatic rings. The van der Waals surface area contributed by atoms with Crippen LogP contribution in [0.15, 0.2) is 200 Å². The zero-order chi connectivity index (χ0) is 32.8. The minimum Gasteiger partial charge on any atom is -0.311 e. The molecule has 0 atom stereocenters. The molecule has 0 spiro atoms. The summed E-state index contributed by atoms with van der Waals surface area (Å²) in [7, 11) is 0. The number of benzene rings is 7. The zero-order valence-corrected chi connectivity index (χ0v) is 26.9. The molecule has 0 saturated heterocycles. The summed E-state index contributed by atoms with van der Waals surface area (Å²) < 4.78 is 0. The van der Waals surface area contributed by atoms with Crippen LogP contribution in [0.4, 0.5) is 17.1 Å². The van der Waals surface area contributed by atoms with Crippen LogP contribution in [0.25, 0.3) is 56.2 Å². The van der Waals surface area contributed by atoms with E-state index in [4.69, 9.17) is 9.97 Å². The number of para-hydroxylation sites is 2. The Balaban J connectivity index is 1.10. The van der Waals surface area contributed by atoms with Crippen molar-refractivity contribution in [1.29, 1.82) is 0 Å². The average molecular weight is 628 g/mol. The van der Waals surface area contributed by atoms with E-state index in [0.29, 0.717) is 5.82 Å². The monoisotopic (exact) mass is 627 g/mol. The van der Waals surface area contributed by atoms with Gasteiger partial charge in [-0.3, -0.25) is 0 Å². The van der Waals surface area contributed by atoms with E-state index in [2.05, 4.69) is 169 Å². The summed E-state index contributed by atoms with van der Waals surface area (Å²) in [5, 5.41) is 0. The maximum atomic E-state index is 5.08. The second-order valence-corrected chi connectivity index (χ2v) is 11.9. The quantitative estimate of drug-likeness (QED) is 0.168. The second kappa shape index (κ2) is 13.6. The van der Waals surface area contributed by atoms with Crippen molar-refractivity contribution in [3.8, 4) is 56.2 Å². The van der Waals surface area contributed by atoms with E-state index in [1.54, 1.807) is 0 Å². The lowest BCUT2D eigenvalue weighted by Crippen LogP contribution is -2.09. The van der Waals surface area contributed by atoms with Gasteiger partial charge in [0.05, 0.1) is 11.4 Å². The van der Waals surface area contributed by atoms with E-state index in [1.807, 2.05) is 36.4 Å². The molecule has 3 nitrogen and oxygen atoms in total.